The largest absolute Gasteiger partial charge is 0.279 e. The Balaban J connectivity index is 1.75. The van der Waals surface area contributed by atoms with Crippen LogP contribution in [0.5, 0.6) is 0 Å². The summed E-state index contributed by atoms with van der Waals surface area (Å²) in [5, 5.41) is 5.18. The molecular formula is C22H17Cl2N3O2S. The lowest BCUT2D eigenvalue weighted by Crippen LogP contribution is -2.13. The number of anilines is 1. The number of aromatic nitrogens is 2. The van der Waals surface area contributed by atoms with Crippen LogP contribution in [0.2, 0.25) is 10.0 Å². The molecule has 0 fully saturated rings. The summed E-state index contributed by atoms with van der Waals surface area (Å²) >= 11 is 12.0. The molecule has 3 aromatic carbocycles. The summed E-state index contributed by atoms with van der Waals surface area (Å²) in [4.78, 5) is 0.0794. The Bertz CT molecular complexity index is 1270. The van der Waals surface area contributed by atoms with Gasteiger partial charge >= 0.3 is 0 Å². The Morgan fingerprint density at radius 1 is 0.867 bits per heavy atom. The topological polar surface area (TPSA) is 64.0 Å². The zero-order valence-electron chi connectivity index (χ0n) is 15.7. The van der Waals surface area contributed by atoms with Gasteiger partial charge in [0.05, 0.1) is 22.3 Å². The highest BCUT2D eigenvalue weighted by Gasteiger charge is 2.24. The van der Waals surface area contributed by atoms with Crippen molar-refractivity contribution < 1.29 is 8.42 Å². The van der Waals surface area contributed by atoms with Crippen LogP contribution in [0.15, 0.2) is 90.0 Å². The van der Waals surface area contributed by atoms with Crippen molar-refractivity contribution in [2.24, 2.45) is 0 Å². The highest BCUT2D eigenvalue weighted by atomic mass is 35.5. The fraction of sp³-hybridized carbons (Fsp3) is 0.0455. The van der Waals surface area contributed by atoms with E-state index in [1.807, 2.05) is 60.7 Å². The molecule has 0 unspecified atom stereocenters. The molecule has 4 rings (SSSR count). The molecule has 0 aliphatic rings. The summed E-state index contributed by atoms with van der Waals surface area (Å²) in [6.45, 7) is 0.447. The van der Waals surface area contributed by atoms with Gasteiger partial charge in [0.25, 0.3) is 10.0 Å². The molecule has 0 saturated carbocycles. The van der Waals surface area contributed by atoms with Crippen LogP contribution in [0.4, 0.5) is 5.69 Å². The number of nitrogens with one attached hydrogen (secondary N) is 1. The molecule has 30 heavy (non-hydrogen) atoms. The minimum atomic E-state index is -3.93. The van der Waals surface area contributed by atoms with Crippen LogP contribution < -0.4 is 4.72 Å². The van der Waals surface area contributed by atoms with E-state index in [-0.39, 0.29) is 9.92 Å². The number of halogens is 2. The molecule has 0 saturated heterocycles. The number of nitrogens with zero attached hydrogens (tertiary/aromatic N) is 2. The summed E-state index contributed by atoms with van der Waals surface area (Å²) < 4.78 is 30.6. The van der Waals surface area contributed by atoms with E-state index in [0.29, 0.717) is 28.5 Å². The molecule has 152 valence electrons. The lowest BCUT2D eigenvalue weighted by Gasteiger charge is -2.09. The third-order valence-corrected chi connectivity index (χ3v) is 6.55. The second kappa shape index (κ2) is 8.52. The van der Waals surface area contributed by atoms with Crippen molar-refractivity contribution in [2.45, 2.75) is 11.4 Å². The smallest absolute Gasteiger partial charge is 0.265 e. The third-order valence-electron chi connectivity index (χ3n) is 4.42. The highest BCUT2D eigenvalue weighted by Crippen LogP contribution is 2.30. The summed E-state index contributed by atoms with van der Waals surface area (Å²) in [6, 6.07) is 23.5. The number of hydrogen-bond donors (Lipinski definition) is 1. The van der Waals surface area contributed by atoms with E-state index in [9.17, 15) is 8.42 Å². The molecule has 0 atom stereocenters. The maximum absolute atomic E-state index is 13.2. The molecular weight excluding hydrogens is 441 g/mol. The van der Waals surface area contributed by atoms with Crippen LogP contribution in [-0.4, -0.2) is 18.2 Å². The highest BCUT2D eigenvalue weighted by molar-refractivity contribution is 7.92. The minimum Gasteiger partial charge on any atom is -0.279 e. The molecule has 0 aliphatic heterocycles. The van der Waals surface area contributed by atoms with E-state index < -0.39 is 10.0 Å². The van der Waals surface area contributed by atoms with Crippen LogP contribution in [0.1, 0.15) is 5.56 Å². The molecule has 8 heteroatoms. The molecule has 0 aliphatic carbocycles. The summed E-state index contributed by atoms with van der Waals surface area (Å²) in [7, 11) is -3.93. The quantitative estimate of drug-likeness (QED) is 0.403. The zero-order chi connectivity index (χ0) is 21.1. The number of sulfonamides is 1. The Morgan fingerprint density at radius 2 is 1.53 bits per heavy atom. The molecule has 0 spiro atoms. The molecule has 0 amide bonds. The van der Waals surface area contributed by atoms with Gasteiger partial charge in [-0.25, -0.2) is 8.42 Å². The Hall–Kier alpha value is -2.80. The first-order valence-electron chi connectivity index (χ1n) is 9.07. The first-order chi connectivity index (χ1) is 14.4. The van der Waals surface area contributed by atoms with Gasteiger partial charge in [-0.05, 0) is 23.8 Å². The normalized spacial score (nSPS) is 11.4. The maximum atomic E-state index is 13.2. The van der Waals surface area contributed by atoms with Crippen LogP contribution in [0.3, 0.4) is 0 Å². The van der Waals surface area contributed by atoms with Crippen molar-refractivity contribution in [3.05, 3.63) is 101 Å². The van der Waals surface area contributed by atoms with Gasteiger partial charge in [-0.3, -0.25) is 9.40 Å². The van der Waals surface area contributed by atoms with E-state index in [1.54, 1.807) is 16.8 Å². The van der Waals surface area contributed by atoms with Gasteiger partial charge in [0.1, 0.15) is 10.6 Å². The number of benzene rings is 3. The predicted molar refractivity (Wildman–Crippen MR) is 120 cm³/mol. The van der Waals surface area contributed by atoms with Gasteiger partial charge < -0.3 is 0 Å². The first-order valence-corrected chi connectivity index (χ1v) is 11.3. The van der Waals surface area contributed by atoms with Gasteiger partial charge in [0, 0.05) is 11.8 Å². The SMILES string of the molecule is O=S(=O)(Nc1ccc(Cl)c(Cl)c1)c1cn(Cc2ccccc2)nc1-c1ccccc1. The fourth-order valence-corrected chi connectivity index (χ4v) is 4.54. The first kappa shape index (κ1) is 20.5. The molecule has 4 aromatic rings. The minimum absolute atomic E-state index is 0.0794. The summed E-state index contributed by atoms with van der Waals surface area (Å²) in [5.41, 5.74) is 2.41. The van der Waals surface area contributed by atoms with Crippen molar-refractivity contribution >= 4 is 38.9 Å². The average molecular weight is 458 g/mol. The van der Waals surface area contributed by atoms with Gasteiger partial charge in [-0.2, -0.15) is 5.10 Å². The molecule has 1 N–H and O–H groups in total. The number of hydrogen-bond acceptors (Lipinski definition) is 3. The van der Waals surface area contributed by atoms with Crippen molar-refractivity contribution in [3.8, 4) is 11.3 Å². The fourth-order valence-electron chi connectivity index (χ4n) is 3.02. The van der Waals surface area contributed by atoms with Crippen LogP contribution >= 0.6 is 23.2 Å². The standard InChI is InChI=1S/C22H17Cl2N3O2S/c23-19-12-11-18(13-20(19)24)26-30(28,29)21-15-27(14-16-7-3-1-4-8-16)25-22(21)17-9-5-2-6-10-17/h1-13,15,26H,14H2. The molecule has 5 nitrogen and oxygen atoms in total. The van der Waals surface area contributed by atoms with Crippen molar-refractivity contribution in [1.82, 2.24) is 9.78 Å². The maximum Gasteiger partial charge on any atom is 0.265 e. The average Bonchev–Trinajstić information content (AvgIpc) is 3.17. The Kier molecular flexibility index (Phi) is 5.81. The van der Waals surface area contributed by atoms with E-state index in [1.165, 1.54) is 12.3 Å². The molecule has 1 heterocycles. The van der Waals surface area contributed by atoms with Gasteiger partial charge in [-0.15, -0.1) is 0 Å². The van der Waals surface area contributed by atoms with Crippen molar-refractivity contribution in [2.75, 3.05) is 4.72 Å². The summed E-state index contributed by atoms with van der Waals surface area (Å²) in [6.07, 6.45) is 1.54. The van der Waals surface area contributed by atoms with Crippen LogP contribution in [0, 0.1) is 0 Å². The monoisotopic (exact) mass is 457 g/mol. The zero-order valence-corrected chi connectivity index (χ0v) is 18.0. The second-order valence-corrected chi connectivity index (χ2v) is 9.09. The molecule has 1 aromatic heterocycles. The van der Waals surface area contributed by atoms with Gasteiger partial charge in [-0.1, -0.05) is 83.9 Å². The Labute approximate surface area is 184 Å². The number of rotatable bonds is 6. The van der Waals surface area contributed by atoms with E-state index >= 15 is 0 Å². The molecule has 0 radical (unpaired) electrons. The predicted octanol–water partition coefficient (Wildman–Crippen LogP) is 5.71. The van der Waals surface area contributed by atoms with Crippen LogP contribution in [-0.2, 0) is 16.6 Å². The lowest BCUT2D eigenvalue weighted by molar-refractivity contribution is 0.601. The third kappa shape index (κ3) is 4.51. The van der Waals surface area contributed by atoms with Crippen molar-refractivity contribution in [1.29, 1.82) is 0 Å². The lowest BCUT2D eigenvalue weighted by atomic mass is 10.2. The molecule has 0 bridgehead atoms. The van der Waals surface area contributed by atoms with E-state index in [2.05, 4.69) is 9.82 Å². The second-order valence-electron chi connectivity index (χ2n) is 6.63. The summed E-state index contributed by atoms with van der Waals surface area (Å²) in [5.74, 6) is 0. The van der Waals surface area contributed by atoms with E-state index in [0.717, 1.165) is 5.56 Å². The van der Waals surface area contributed by atoms with Crippen LogP contribution in [0.25, 0.3) is 11.3 Å². The Morgan fingerprint density at radius 3 is 2.20 bits per heavy atom. The van der Waals surface area contributed by atoms with Gasteiger partial charge in [0.15, 0.2) is 0 Å². The van der Waals surface area contributed by atoms with Crippen molar-refractivity contribution in [3.63, 3.8) is 0 Å². The van der Waals surface area contributed by atoms with Gasteiger partial charge in [0.2, 0.25) is 0 Å². The van der Waals surface area contributed by atoms with E-state index in [4.69, 9.17) is 23.2 Å².